The summed E-state index contributed by atoms with van der Waals surface area (Å²) in [7, 11) is 0. The van der Waals surface area contributed by atoms with Crippen LogP contribution >= 0.6 is 0 Å². The predicted octanol–water partition coefficient (Wildman–Crippen LogP) is 2.84. The molecule has 2 aromatic carbocycles. The number of aryl methyl sites for hydroxylation is 1. The number of phenolic OH excluding ortho intramolecular Hbond substituents is 1. The lowest BCUT2D eigenvalue weighted by Gasteiger charge is -2.26. The lowest BCUT2D eigenvalue weighted by atomic mass is 9.88. The Morgan fingerprint density at radius 1 is 1.15 bits per heavy atom. The van der Waals surface area contributed by atoms with Gasteiger partial charge < -0.3 is 25.0 Å². The van der Waals surface area contributed by atoms with Gasteiger partial charge >= 0.3 is 0 Å². The summed E-state index contributed by atoms with van der Waals surface area (Å²) in [6.07, 6.45) is 3.91. The molecule has 2 aromatic rings. The molecule has 0 aliphatic heterocycles. The van der Waals surface area contributed by atoms with Crippen LogP contribution in [0.25, 0.3) is 0 Å². The zero-order chi connectivity index (χ0) is 19.1. The van der Waals surface area contributed by atoms with Gasteiger partial charge in [-0.3, -0.25) is 0 Å². The van der Waals surface area contributed by atoms with Crippen LogP contribution in [0.1, 0.15) is 17.5 Å². The number of nitrogens with one attached hydrogen (secondary N) is 1. The maximum Gasteiger partial charge on any atom is 0.161 e. The highest BCUT2D eigenvalue weighted by Gasteiger charge is 2.19. The Morgan fingerprint density at radius 3 is 2.70 bits per heavy atom. The monoisotopic (exact) mass is 369 g/mol. The molecule has 5 nitrogen and oxygen atoms in total. The van der Waals surface area contributed by atoms with Gasteiger partial charge in [0.15, 0.2) is 11.5 Å². The van der Waals surface area contributed by atoms with E-state index in [0.29, 0.717) is 30.4 Å². The fraction of sp³-hybridized carbons (Fsp3) is 0.364. The summed E-state index contributed by atoms with van der Waals surface area (Å²) < 4.78 is 11.3. The van der Waals surface area contributed by atoms with E-state index in [9.17, 15) is 10.2 Å². The van der Waals surface area contributed by atoms with Crippen molar-refractivity contribution in [3.05, 3.63) is 66.2 Å². The number of fused-ring (bicyclic) bond motifs is 1. The van der Waals surface area contributed by atoms with Gasteiger partial charge in [-0.15, -0.1) is 0 Å². The highest BCUT2D eigenvalue weighted by Crippen LogP contribution is 2.27. The van der Waals surface area contributed by atoms with E-state index in [4.69, 9.17) is 9.47 Å². The molecule has 3 rings (SSSR count). The van der Waals surface area contributed by atoms with E-state index < -0.39 is 6.10 Å². The van der Waals surface area contributed by atoms with E-state index in [1.165, 1.54) is 11.1 Å². The summed E-state index contributed by atoms with van der Waals surface area (Å²) in [4.78, 5) is 0. The number of rotatable bonds is 9. The van der Waals surface area contributed by atoms with Crippen molar-refractivity contribution in [3.63, 3.8) is 0 Å². The van der Waals surface area contributed by atoms with Gasteiger partial charge in [0.1, 0.15) is 25.1 Å². The molecule has 0 saturated carbocycles. The molecule has 0 fully saturated rings. The van der Waals surface area contributed by atoms with E-state index in [-0.39, 0.29) is 12.6 Å². The van der Waals surface area contributed by atoms with Gasteiger partial charge in [-0.25, -0.2) is 0 Å². The molecule has 1 aliphatic carbocycles. The van der Waals surface area contributed by atoms with Crippen LogP contribution in [0.2, 0.25) is 0 Å². The van der Waals surface area contributed by atoms with Crippen molar-refractivity contribution in [3.8, 4) is 17.2 Å². The number of aromatic hydroxyl groups is 1. The summed E-state index contributed by atoms with van der Waals surface area (Å²) in [6, 6.07) is 13.3. The average molecular weight is 369 g/mol. The first-order chi connectivity index (χ1) is 13.2. The van der Waals surface area contributed by atoms with Crippen molar-refractivity contribution in [1.29, 1.82) is 0 Å². The van der Waals surface area contributed by atoms with Gasteiger partial charge in [-0.05, 0) is 54.7 Å². The van der Waals surface area contributed by atoms with Crippen molar-refractivity contribution in [2.45, 2.75) is 31.4 Å². The zero-order valence-electron chi connectivity index (χ0n) is 15.4. The molecule has 0 radical (unpaired) electrons. The van der Waals surface area contributed by atoms with Crippen LogP contribution in [0.5, 0.6) is 17.2 Å². The quantitative estimate of drug-likeness (QED) is 0.593. The SMILES string of the molecule is C=CCOc1ccccc1OCC(O)CNC1CCc2ccc(O)cc2C1. The van der Waals surface area contributed by atoms with Gasteiger partial charge in [0, 0.05) is 12.6 Å². The molecule has 0 bridgehead atoms. The van der Waals surface area contributed by atoms with E-state index in [1.54, 1.807) is 12.1 Å². The van der Waals surface area contributed by atoms with Crippen LogP contribution in [-0.2, 0) is 12.8 Å². The summed E-state index contributed by atoms with van der Waals surface area (Å²) in [6.45, 7) is 4.68. The molecule has 144 valence electrons. The van der Waals surface area contributed by atoms with Gasteiger partial charge in [0.2, 0.25) is 0 Å². The van der Waals surface area contributed by atoms with Crippen molar-refractivity contribution in [2.24, 2.45) is 0 Å². The summed E-state index contributed by atoms with van der Waals surface area (Å²) in [5, 5.41) is 23.3. The number of ether oxygens (including phenoxy) is 2. The summed E-state index contributed by atoms with van der Waals surface area (Å²) in [5.74, 6) is 1.56. The lowest BCUT2D eigenvalue weighted by Crippen LogP contribution is -2.40. The van der Waals surface area contributed by atoms with E-state index in [2.05, 4.69) is 11.9 Å². The van der Waals surface area contributed by atoms with Crippen LogP contribution in [-0.4, -0.2) is 42.1 Å². The topological polar surface area (TPSA) is 71.0 Å². The predicted molar refractivity (Wildman–Crippen MR) is 106 cm³/mol. The van der Waals surface area contributed by atoms with Crippen LogP contribution in [0.4, 0.5) is 0 Å². The van der Waals surface area contributed by atoms with E-state index in [1.807, 2.05) is 36.4 Å². The first-order valence-electron chi connectivity index (χ1n) is 9.33. The van der Waals surface area contributed by atoms with Crippen LogP contribution < -0.4 is 14.8 Å². The Hall–Kier alpha value is -2.50. The smallest absolute Gasteiger partial charge is 0.161 e. The third kappa shape index (κ3) is 5.49. The molecule has 3 N–H and O–H groups in total. The molecular formula is C22H27NO4. The first-order valence-corrected chi connectivity index (χ1v) is 9.33. The van der Waals surface area contributed by atoms with Gasteiger partial charge in [-0.1, -0.05) is 30.9 Å². The molecule has 27 heavy (non-hydrogen) atoms. The summed E-state index contributed by atoms with van der Waals surface area (Å²) >= 11 is 0. The second-order valence-electron chi connectivity index (χ2n) is 6.81. The molecular weight excluding hydrogens is 342 g/mol. The number of aliphatic hydroxyl groups is 1. The van der Waals surface area contributed by atoms with Crippen LogP contribution in [0.3, 0.4) is 0 Å². The third-order valence-corrected chi connectivity index (χ3v) is 4.70. The zero-order valence-corrected chi connectivity index (χ0v) is 15.4. The molecule has 0 amide bonds. The number of aliphatic hydroxyl groups excluding tert-OH is 1. The fourth-order valence-corrected chi connectivity index (χ4v) is 3.30. The standard InChI is InChI=1S/C22H27NO4/c1-2-11-26-21-5-3-4-6-22(21)27-15-20(25)14-23-18-9-7-16-8-10-19(24)13-17(16)12-18/h2-6,8,10,13,18,20,23-25H,1,7,9,11-12,14-15H2. The number of phenols is 1. The van der Waals surface area contributed by atoms with Crippen molar-refractivity contribution >= 4 is 0 Å². The Labute approximate surface area is 160 Å². The van der Waals surface area contributed by atoms with E-state index >= 15 is 0 Å². The Balaban J connectivity index is 1.45. The molecule has 0 saturated heterocycles. The average Bonchev–Trinajstić information content (AvgIpc) is 2.69. The Morgan fingerprint density at radius 2 is 1.93 bits per heavy atom. The maximum atomic E-state index is 10.3. The first kappa shape index (κ1) is 19.3. The molecule has 2 atom stereocenters. The minimum Gasteiger partial charge on any atom is -0.508 e. The minimum atomic E-state index is -0.622. The van der Waals surface area contributed by atoms with E-state index in [0.717, 1.165) is 19.3 Å². The second-order valence-corrected chi connectivity index (χ2v) is 6.81. The van der Waals surface area contributed by atoms with Gasteiger partial charge in [-0.2, -0.15) is 0 Å². The number of hydrogen-bond donors (Lipinski definition) is 3. The molecule has 0 spiro atoms. The highest BCUT2D eigenvalue weighted by molar-refractivity contribution is 5.39. The third-order valence-electron chi connectivity index (χ3n) is 4.70. The van der Waals surface area contributed by atoms with Crippen molar-refractivity contribution in [1.82, 2.24) is 5.32 Å². The highest BCUT2D eigenvalue weighted by atomic mass is 16.5. The Kier molecular flexibility index (Phi) is 6.74. The number of para-hydroxylation sites is 2. The van der Waals surface area contributed by atoms with Gasteiger partial charge in [0.05, 0.1) is 0 Å². The molecule has 1 aliphatic rings. The second kappa shape index (κ2) is 9.44. The molecule has 0 aromatic heterocycles. The number of benzene rings is 2. The molecule has 5 heteroatoms. The van der Waals surface area contributed by atoms with Crippen LogP contribution in [0, 0.1) is 0 Å². The number of hydrogen-bond acceptors (Lipinski definition) is 5. The largest absolute Gasteiger partial charge is 0.508 e. The van der Waals surface area contributed by atoms with Crippen molar-refractivity contribution in [2.75, 3.05) is 19.8 Å². The minimum absolute atomic E-state index is 0.186. The van der Waals surface area contributed by atoms with Gasteiger partial charge in [0.25, 0.3) is 0 Å². The fourth-order valence-electron chi connectivity index (χ4n) is 3.30. The molecule has 0 heterocycles. The molecule has 2 unspecified atom stereocenters. The maximum absolute atomic E-state index is 10.3. The van der Waals surface area contributed by atoms with Crippen molar-refractivity contribution < 1.29 is 19.7 Å². The Bertz CT molecular complexity index is 762. The van der Waals surface area contributed by atoms with Crippen LogP contribution in [0.15, 0.2) is 55.1 Å². The summed E-state index contributed by atoms with van der Waals surface area (Å²) in [5.41, 5.74) is 2.48. The normalized spacial score (nSPS) is 17.0. The lowest BCUT2D eigenvalue weighted by molar-refractivity contribution is 0.101.